The number of hydrogen-bond acceptors (Lipinski definition) is 8. The summed E-state index contributed by atoms with van der Waals surface area (Å²) in [5.74, 6) is 0.317. The van der Waals surface area contributed by atoms with Crippen molar-refractivity contribution in [1.29, 1.82) is 0 Å². The van der Waals surface area contributed by atoms with E-state index in [-0.39, 0.29) is 36.6 Å². The highest BCUT2D eigenvalue weighted by molar-refractivity contribution is 5.96. The van der Waals surface area contributed by atoms with E-state index in [0.29, 0.717) is 53.7 Å². The molecular formula is C31H30N6O6. The van der Waals surface area contributed by atoms with Gasteiger partial charge in [0, 0.05) is 37.8 Å². The highest BCUT2D eigenvalue weighted by Gasteiger charge is 2.35. The summed E-state index contributed by atoms with van der Waals surface area (Å²) < 4.78 is 17.4. The minimum absolute atomic E-state index is 0.212. The first-order chi connectivity index (χ1) is 21.0. The Labute approximate surface area is 247 Å². The average Bonchev–Trinajstić information content (AvgIpc) is 3.54. The van der Waals surface area contributed by atoms with Gasteiger partial charge in [-0.3, -0.25) is 24.5 Å². The van der Waals surface area contributed by atoms with E-state index < -0.39 is 12.1 Å². The fraction of sp³-hybridized carbons (Fsp3) is 0.258. The van der Waals surface area contributed by atoms with E-state index in [1.807, 2.05) is 42.5 Å². The van der Waals surface area contributed by atoms with Crippen LogP contribution in [0.4, 0.5) is 0 Å². The number of nitrogens with one attached hydrogen (secondary N) is 3. The van der Waals surface area contributed by atoms with Gasteiger partial charge in [-0.25, -0.2) is 0 Å². The van der Waals surface area contributed by atoms with Crippen molar-refractivity contribution in [3.63, 3.8) is 0 Å². The van der Waals surface area contributed by atoms with Crippen LogP contribution in [0.3, 0.4) is 0 Å². The Hall–Kier alpha value is -5.39. The first kappa shape index (κ1) is 27.8. The second kappa shape index (κ2) is 12.2. The molecule has 2 aromatic carbocycles. The summed E-state index contributed by atoms with van der Waals surface area (Å²) in [6, 6.07) is 18.8. The zero-order valence-electron chi connectivity index (χ0n) is 23.4. The van der Waals surface area contributed by atoms with E-state index in [0.717, 1.165) is 5.56 Å². The number of hydrogen-bond donors (Lipinski definition) is 3. The molecule has 12 heteroatoms. The molecule has 2 aromatic heterocycles. The van der Waals surface area contributed by atoms with E-state index in [2.05, 4.69) is 25.8 Å². The highest BCUT2D eigenvalue weighted by atomic mass is 16.5. The minimum atomic E-state index is -0.534. The minimum Gasteiger partial charge on any atom is -0.493 e. The Morgan fingerprint density at radius 2 is 1.91 bits per heavy atom. The van der Waals surface area contributed by atoms with Crippen LogP contribution in [-0.2, 0) is 11.3 Å². The fourth-order valence-electron chi connectivity index (χ4n) is 5.08. The number of nitrogens with zero attached hydrogens (tertiary/aromatic N) is 3. The SMILES string of the molecule is COc1ccc2cc1OCC(=O)NCc1ccc(cc1)O[C@@H]1CCN(C(=O)c3cc(-c4ccccn4)n[nH]3)C[C@@H]1NC2=O. The molecular weight excluding hydrogens is 552 g/mol. The van der Waals surface area contributed by atoms with Crippen LogP contribution in [0.1, 0.15) is 32.8 Å². The largest absolute Gasteiger partial charge is 0.493 e. The van der Waals surface area contributed by atoms with Gasteiger partial charge in [0.2, 0.25) is 0 Å². The van der Waals surface area contributed by atoms with E-state index in [4.69, 9.17) is 14.2 Å². The Balaban J connectivity index is 1.26. The van der Waals surface area contributed by atoms with Crippen LogP contribution < -0.4 is 24.8 Å². The second-order valence-corrected chi connectivity index (χ2v) is 10.2. The van der Waals surface area contributed by atoms with Crippen molar-refractivity contribution in [2.75, 3.05) is 26.8 Å². The normalized spacial score (nSPS) is 18.8. The number of aromatic nitrogens is 3. The molecule has 0 radical (unpaired) electrons. The van der Waals surface area contributed by atoms with Gasteiger partial charge in [-0.2, -0.15) is 5.10 Å². The maximum absolute atomic E-state index is 13.5. The number of carbonyl (C=O) groups is 3. The Morgan fingerprint density at radius 3 is 2.70 bits per heavy atom. The van der Waals surface area contributed by atoms with Crippen molar-refractivity contribution in [3.8, 4) is 28.6 Å². The predicted molar refractivity (Wildman–Crippen MR) is 155 cm³/mol. The molecule has 5 heterocycles. The molecule has 3 aliphatic rings. The number of methoxy groups -OCH3 is 1. The molecule has 3 N–H and O–H groups in total. The lowest BCUT2D eigenvalue weighted by Gasteiger charge is -2.38. The van der Waals surface area contributed by atoms with Gasteiger partial charge in [-0.05, 0) is 54.1 Å². The summed E-state index contributed by atoms with van der Waals surface area (Å²) in [5, 5.41) is 13.0. The number of benzene rings is 2. The zero-order chi connectivity index (χ0) is 29.8. The van der Waals surface area contributed by atoms with Gasteiger partial charge < -0.3 is 29.7 Å². The molecule has 1 saturated heterocycles. The van der Waals surface area contributed by atoms with Crippen LogP contribution in [0.5, 0.6) is 17.2 Å². The van der Waals surface area contributed by atoms with Gasteiger partial charge in [-0.1, -0.05) is 18.2 Å². The number of piperidine rings is 1. The van der Waals surface area contributed by atoms with Crippen LogP contribution in [0.15, 0.2) is 72.9 Å². The third-order valence-electron chi connectivity index (χ3n) is 7.37. The Morgan fingerprint density at radius 1 is 1.05 bits per heavy atom. The Kier molecular flexibility index (Phi) is 7.90. The molecule has 0 saturated carbocycles. The zero-order valence-corrected chi connectivity index (χ0v) is 23.4. The van der Waals surface area contributed by atoms with Gasteiger partial charge in [-0.15, -0.1) is 0 Å². The molecule has 1 fully saturated rings. The molecule has 4 bridgehead atoms. The van der Waals surface area contributed by atoms with Crippen molar-refractivity contribution in [3.05, 3.63) is 89.7 Å². The monoisotopic (exact) mass is 582 g/mol. The van der Waals surface area contributed by atoms with Crippen LogP contribution in [0.25, 0.3) is 11.4 Å². The van der Waals surface area contributed by atoms with Gasteiger partial charge in [0.1, 0.15) is 23.2 Å². The molecule has 12 nitrogen and oxygen atoms in total. The van der Waals surface area contributed by atoms with Crippen LogP contribution >= 0.6 is 0 Å². The molecule has 7 rings (SSSR count). The molecule has 0 spiro atoms. The number of rotatable bonds is 3. The summed E-state index contributed by atoms with van der Waals surface area (Å²) in [4.78, 5) is 45.4. The van der Waals surface area contributed by atoms with Crippen LogP contribution in [0, 0.1) is 0 Å². The van der Waals surface area contributed by atoms with E-state index in [1.165, 1.54) is 13.2 Å². The van der Waals surface area contributed by atoms with Crippen LogP contribution in [0.2, 0.25) is 0 Å². The topological polar surface area (TPSA) is 148 Å². The van der Waals surface area contributed by atoms with Crippen molar-refractivity contribution in [2.24, 2.45) is 0 Å². The Bertz CT molecular complexity index is 1620. The van der Waals surface area contributed by atoms with Crippen molar-refractivity contribution in [2.45, 2.75) is 25.1 Å². The molecule has 2 atom stereocenters. The molecule has 0 aliphatic carbocycles. The van der Waals surface area contributed by atoms with E-state index in [1.54, 1.807) is 29.3 Å². The lowest BCUT2D eigenvalue weighted by molar-refractivity contribution is -0.123. The van der Waals surface area contributed by atoms with Gasteiger partial charge in [0.05, 0.1) is 18.8 Å². The smallest absolute Gasteiger partial charge is 0.271 e. The molecule has 3 aliphatic heterocycles. The lowest BCUT2D eigenvalue weighted by Crippen LogP contribution is -2.58. The van der Waals surface area contributed by atoms with E-state index in [9.17, 15) is 14.4 Å². The number of pyridine rings is 1. The lowest BCUT2D eigenvalue weighted by atomic mass is 10.0. The van der Waals surface area contributed by atoms with Crippen molar-refractivity contribution in [1.82, 2.24) is 30.7 Å². The summed E-state index contributed by atoms with van der Waals surface area (Å²) in [6.07, 6.45) is 1.74. The first-order valence-electron chi connectivity index (χ1n) is 13.9. The third-order valence-corrected chi connectivity index (χ3v) is 7.37. The summed E-state index contributed by atoms with van der Waals surface area (Å²) in [6.45, 7) is 0.695. The number of ether oxygens (including phenoxy) is 3. The van der Waals surface area contributed by atoms with Crippen LogP contribution in [-0.4, -0.2) is 76.8 Å². The predicted octanol–water partition coefficient (Wildman–Crippen LogP) is 2.58. The first-order valence-corrected chi connectivity index (χ1v) is 13.9. The summed E-state index contributed by atoms with van der Waals surface area (Å²) >= 11 is 0. The summed E-state index contributed by atoms with van der Waals surface area (Å²) in [7, 11) is 1.48. The number of likely N-dealkylation sites (tertiary alicyclic amines) is 1. The third kappa shape index (κ3) is 6.27. The number of fused-ring (bicyclic) bond motifs is 7. The quantitative estimate of drug-likeness (QED) is 0.334. The fourth-order valence-corrected chi connectivity index (χ4v) is 5.08. The van der Waals surface area contributed by atoms with Gasteiger partial charge in [0.15, 0.2) is 18.1 Å². The number of amides is 3. The molecule has 43 heavy (non-hydrogen) atoms. The summed E-state index contributed by atoms with van der Waals surface area (Å²) in [5.41, 5.74) is 2.74. The maximum atomic E-state index is 13.5. The standard InChI is InChI=1S/C31H30N6O6/c1-41-27-10-7-20-14-28(27)42-18-29(38)33-16-19-5-8-21(9-6-19)43-26-11-13-37(17-25(26)34-30(20)39)31(40)24-15-23(35-36-24)22-4-2-3-12-32-22/h2-10,12,14-15,25-26H,11,13,16-18H2,1H3,(H,33,38)(H,34,39)(H,35,36)/t25-,26+/m0/s1. The number of carbonyl (C=O) groups excluding carboxylic acids is 3. The molecule has 0 unspecified atom stereocenters. The highest BCUT2D eigenvalue weighted by Crippen LogP contribution is 2.29. The molecule has 3 amide bonds. The van der Waals surface area contributed by atoms with Crippen molar-refractivity contribution >= 4 is 17.7 Å². The van der Waals surface area contributed by atoms with Gasteiger partial charge >= 0.3 is 0 Å². The average molecular weight is 583 g/mol. The van der Waals surface area contributed by atoms with E-state index >= 15 is 0 Å². The number of aromatic amines is 1. The van der Waals surface area contributed by atoms with Gasteiger partial charge in [0.25, 0.3) is 17.7 Å². The number of H-pyrrole nitrogens is 1. The molecule has 220 valence electrons. The maximum Gasteiger partial charge on any atom is 0.271 e. The molecule has 4 aromatic rings. The second-order valence-electron chi connectivity index (χ2n) is 10.2. The van der Waals surface area contributed by atoms with Crippen molar-refractivity contribution < 1.29 is 28.6 Å².